The number of nitrogen functional groups attached to an aromatic ring is 1. The van der Waals surface area contributed by atoms with Crippen LogP contribution in [0.2, 0.25) is 0 Å². The third-order valence-corrected chi connectivity index (χ3v) is 4.39. The fourth-order valence-corrected chi connectivity index (χ4v) is 3.12. The minimum atomic E-state index is 0.127. The highest BCUT2D eigenvalue weighted by molar-refractivity contribution is 6.07. The lowest BCUT2D eigenvalue weighted by Crippen LogP contribution is -1.94. The van der Waals surface area contributed by atoms with E-state index >= 15 is 0 Å². The predicted octanol–water partition coefficient (Wildman–Crippen LogP) is 2.69. The first-order valence-electron chi connectivity index (χ1n) is 8.38. The Balaban J connectivity index is 1.87. The molecule has 4 N–H and O–H groups in total. The number of anilines is 1. The number of H-pyrrole nitrogens is 1. The summed E-state index contributed by atoms with van der Waals surface area (Å²) in [7, 11) is 1.64. The van der Waals surface area contributed by atoms with Gasteiger partial charge in [-0.25, -0.2) is 9.97 Å². The van der Waals surface area contributed by atoms with Gasteiger partial charge in [-0.05, 0) is 30.2 Å². The zero-order valence-electron chi connectivity index (χ0n) is 14.4. The third-order valence-electron chi connectivity index (χ3n) is 4.39. The molecular formula is C19H19N5O2. The van der Waals surface area contributed by atoms with Gasteiger partial charge < -0.3 is 20.6 Å². The van der Waals surface area contributed by atoms with Crippen LogP contribution < -0.4 is 10.5 Å². The van der Waals surface area contributed by atoms with Gasteiger partial charge in [-0.3, -0.25) is 4.98 Å². The van der Waals surface area contributed by atoms with Crippen molar-refractivity contribution in [1.29, 1.82) is 0 Å². The number of aromatic amines is 1. The molecule has 0 atom stereocenters. The largest absolute Gasteiger partial charge is 0.496 e. The molecule has 0 fully saturated rings. The SMILES string of the molecule is COc1ccncc1-c1ccc2c(c1)nc(N)c1[nH]c(CCCO)nc12. The Kier molecular flexibility index (Phi) is 4.14. The Morgan fingerprint density at radius 3 is 2.92 bits per heavy atom. The summed E-state index contributed by atoms with van der Waals surface area (Å²) in [5.74, 6) is 1.96. The number of hydrogen-bond acceptors (Lipinski definition) is 6. The van der Waals surface area contributed by atoms with Gasteiger partial charge in [0.15, 0.2) is 0 Å². The Morgan fingerprint density at radius 2 is 2.12 bits per heavy atom. The van der Waals surface area contributed by atoms with Gasteiger partial charge >= 0.3 is 0 Å². The van der Waals surface area contributed by atoms with Crippen LogP contribution in [0, 0.1) is 0 Å². The normalized spacial score (nSPS) is 11.3. The first kappa shape index (κ1) is 16.3. The van der Waals surface area contributed by atoms with E-state index in [1.54, 1.807) is 19.5 Å². The molecular weight excluding hydrogens is 330 g/mol. The number of aliphatic hydroxyl groups excluding tert-OH is 1. The fourth-order valence-electron chi connectivity index (χ4n) is 3.12. The van der Waals surface area contributed by atoms with Gasteiger partial charge in [0, 0.05) is 36.4 Å². The van der Waals surface area contributed by atoms with E-state index in [-0.39, 0.29) is 6.61 Å². The lowest BCUT2D eigenvalue weighted by molar-refractivity contribution is 0.287. The van der Waals surface area contributed by atoms with E-state index in [0.29, 0.717) is 18.7 Å². The monoisotopic (exact) mass is 349 g/mol. The molecule has 3 aromatic heterocycles. The number of rotatable bonds is 5. The number of aromatic nitrogens is 4. The Morgan fingerprint density at radius 1 is 1.23 bits per heavy atom. The highest BCUT2D eigenvalue weighted by Crippen LogP contribution is 2.33. The van der Waals surface area contributed by atoms with Crippen molar-refractivity contribution < 1.29 is 9.84 Å². The third kappa shape index (κ3) is 2.72. The smallest absolute Gasteiger partial charge is 0.150 e. The highest BCUT2D eigenvalue weighted by atomic mass is 16.5. The molecule has 26 heavy (non-hydrogen) atoms. The number of aliphatic hydroxyl groups is 1. The van der Waals surface area contributed by atoms with Gasteiger partial charge in [-0.2, -0.15) is 0 Å². The van der Waals surface area contributed by atoms with Crippen molar-refractivity contribution in [3.63, 3.8) is 0 Å². The number of pyridine rings is 2. The van der Waals surface area contributed by atoms with Gasteiger partial charge in [0.1, 0.15) is 28.4 Å². The average molecular weight is 349 g/mol. The maximum Gasteiger partial charge on any atom is 0.150 e. The summed E-state index contributed by atoms with van der Waals surface area (Å²) in [5.41, 5.74) is 10.3. The summed E-state index contributed by atoms with van der Waals surface area (Å²) < 4.78 is 5.42. The summed E-state index contributed by atoms with van der Waals surface area (Å²) in [6, 6.07) is 7.78. The highest BCUT2D eigenvalue weighted by Gasteiger charge is 2.13. The molecule has 0 spiro atoms. The van der Waals surface area contributed by atoms with Gasteiger partial charge in [-0.1, -0.05) is 6.07 Å². The number of nitrogens with zero attached hydrogens (tertiary/aromatic N) is 3. The molecule has 132 valence electrons. The molecule has 4 aromatic rings. The van der Waals surface area contributed by atoms with Crippen LogP contribution in [0.15, 0.2) is 36.7 Å². The molecule has 7 nitrogen and oxygen atoms in total. The van der Waals surface area contributed by atoms with E-state index in [1.165, 1.54) is 0 Å². The van der Waals surface area contributed by atoms with E-state index in [2.05, 4.69) is 19.9 Å². The maximum atomic E-state index is 9.02. The van der Waals surface area contributed by atoms with E-state index in [9.17, 15) is 0 Å². The van der Waals surface area contributed by atoms with Crippen molar-refractivity contribution in [2.45, 2.75) is 12.8 Å². The van der Waals surface area contributed by atoms with Crippen molar-refractivity contribution in [1.82, 2.24) is 19.9 Å². The molecule has 0 aliphatic carbocycles. The second kappa shape index (κ2) is 6.61. The fraction of sp³-hybridized carbons (Fsp3) is 0.211. The summed E-state index contributed by atoms with van der Waals surface area (Å²) >= 11 is 0. The van der Waals surface area contributed by atoms with Gasteiger partial charge in [0.2, 0.25) is 0 Å². The van der Waals surface area contributed by atoms with Crippen molar-refractivity contribution in [2.24, 2.45) is 0 Å². The van der Waals surface area contributed by atoms with Crippen molar-refractivity contribution in [3.8, 4) is 16.9 Å². The van der Waals surface area contributed by atoms with Crippen LogP contribution in [-0.2, 0) is 6.42 Å². The van der Waals surface area contributed by atoms with E-state index in [0.717, 1.165) is 44.6 Å². The van der Waals surface area contributed by atoms with E-state index in [4.69, 9.17) is 15.6 Å². The first-order chi connectivity index (χ1) is 12.7. The molecule has 4 rings (SSSR count). The molecule has 0 radical (unpaired) electrons. The summed E-state index contributed by atoms with van der Waals surface area (Å²) in [4.78, 5) is 16.6. The number of aryl methyl sites for hydroxylation is 1. The number of hydrogen-bond donors (Lipinski definition) is 3. The van der Waals surface area contributed by atoms with Crippen LogP contribution in [-0.4, -0.2) is 38.8 Å². The molecule has 7 heteroatoms. The lowest BCUT2D eigenvalue weighted by Gasteiger charge is -2.09. The average Bonchev–Trinajstić information content (AvgIpc) is 3.11. The summed E-state index contributed by atoms with van der Waals surface area (Å²) in [5, 5.41) is 9.94. The van der Waals surface area contributed by atoms with E-state index in [1.807, 2.05) is 24.3 Å². The molecule has 0 unspecified atom stereocenters. The zero-order chi connectivity index (χ0) is 18.1. The van der Waals surface area contributed by atoms with Crippen LogP contribution in [0.1, 0.15) is 12.2 Å². The second-order valence-electron chi connectivity index (χ2n) is 6.04. The maximum absolute atomic E-state index is 9.02. The van der Waals surface area contributed by atoms with Crippen molar-refractivity contribution in [3.05, 3.63) is 42.5 Å². The first-order valence-corrected chi connectivity index (χ1v) is 8.38. The Labute approximate surface area is 149 Å². The topological polar surface area (TPSA) is 110 Å². The van der Waals surface area contributed by atoms with Gasteiger partial charge in [0.25, 0.3) is 0 Å². The number of benzene rings is 1. The molecule has 0 bridgehead atoms. The quantitative estimate of drug-likeness (QED) is 0.511. The molecule has 0 saturated heterocycles. The van der Waals surface area contributed by atoms with Crippen molar-refractivity contribution in [2.75, 3.05) is 19.5 Å². The van der Waals surface area contributed by atoms with Crippen LogP contribution in [0.4, 0.5) is 5.82 Å². The number of fused-ring (bicyclic) bond motifs is 3. The Hall–Kier alpha value is -3.19. The number of nitrogens with two attached hydrogens (primary N) is 1. The van der Waals surface area contributed by atoms with Gasteiger partial charge in [0.05, 0.1) is 12.6 Å². The second-order valence-corrected chi connectivity index (χ2v) is 6.04. The van der Waals surface area contributed by atoms with Crippen LogP contribution >= 0.6 is 0 Å². The molecule has 3 heterocycles. The zero-order valence-corrected chi connectivity index (χ0v) is 14.4. The molecule has 0 amide bonds. The van der Waals surface area contributed by atoms with Crippen molar-refractivity contribution >= 4 is 27.8 Å². The minimum Gasteiger partial charge on any atom is -0.496 e. The summed E-state index contributed by atoms with van der Waals surface area (Å²) in [6.07, 6.45) is 4.78. The number of ether oxygens (including phenoxy) is 1. The number of nitrogens with one attached hydrogen (secondary N) is 1. The van der Waals surface area contributed by atoms with Gasteiger partial charge in [-0.15, -0.1) is 0 Å². The molecule has 0 aliphatic heterocycles. The Bertz CT molecular complexity index is 1090. The van der Waals surface area contributed by atoms with Crippen LogP contribution in [0.3, 0.4) is 0 Å². The predicted molar refractivity (Wildman–Crippen MR) is 101 cm³/mol. The molecule has 0 aliphatic rings. The van der Waals surface area contributed by atoms with Crippen LogP contribution in [0.25, 0.3) is 33.1 Å². The standard InChI is InChI=1S/C19H19N5O2/c1-26-15-6-7-21-10-13(15)11-4-5-12-14(9-11)22-19(20)18-17(12)23-16(24-18)3-2-8-25/h4-7,9-10,25H,2-3,8H2,1H3,(H2,20,22)(H,23,24). The lowest BCUT2D eigenvalue weighted by atomic mass is 10.0. The molecule has 1 aromatic carbocycles. The minimum absolute atomic E-state index is 0.127. The van der Waals surface area contributed by atoms with E-state index < -0.39 is 0 Å². The number of imidazole rings is 1. The molecule has 0 saturated carbocycles. The summed E-state index contributed by atoms with van der Waals surface area (Å²) in [6.45, 7) is 0.127. The van der Waals surface area contributed by atoms with Crippen LogP contribution in [0.5, 0.6) is 5.75 Å². The number of methoxy groups -OCH3 is 1.